The number of oxazole rings is 1. The van der Waals surface area contributed by atoms with Gasteiger partial charge in [0.05, 0.1) is 11.1 Å². The Labute approximate surface area is 210 Å². The molecule has 198 valence electrons. The van der Waals surface area contributed by atoms with E-state index < -0.39 is 35.2 Å². The average Bonchev–Trinajstić information content (AvgIpc) is 3.40. The monoisotopic (exact) mass is 532 g/mol. The molecule has 4 aromatic rings. The van der Waals surface area contributed by atoms with E-state index in [4.69, 9.17) is 4.42 Å². The van der Waals surface area contributed by atoms with Crippen molar-refractivity contribution in [3.05, 3.63) is 70.1 Å². The molecule has 15 heteroatoms. The van der Waals surface area contributed by atoms with Crippen LogP contribution >= 0.6 is 0 Å². The average molecular weight is 532 g/mol. The summed E-state index contributed by atoms with van der Waals surface area (Å²) in [6.45, 7) is 0. The van der Waals surface area contributed by atoms with Crippen molar-refractivity contribution in [3.8, 4) is 0 Å². The molecule has 12 nitrogen and oxygen atoms in total. The van der Waals surface area contributed by atoms with Gasteiger partial charge in [0.2, 0.25) is 5.91 Å². The predicted octanol–water partition coefficient (Wildman–Crippen LogP) is 4.17. The third kappa shape index (κ3) is 6.37. The Morgan fingerprint density at radius 3 is 2.37 bits per heavy atom. The van der Waals surface area contributed by atoms with Gasteiger partial charge >= 0.3 is 23.9 Å². The lowest BCUT2D eigenvalue weighted by Crippen LogP contribution is -2.21. The molecule has 2 heterocycles. The summed E-state index contributed by atoms with van der Waals surface area (Å²) in [5.41, 5.74) is -0.0657. The number of urea groups is 1. The molecule has 6 N–H and O–H groups in total. The number of carbonyl (C=O) groups is 3. The molecule has 0 saturated carbocycles. The number of carboxylic acid groups (broad SMARTS) is 1. The SMILES string of the molecule is O=C(CCCc1nc(NC(=O)Nc2ccc(C(F)(F)F)cc2)c(C(=O)O)[nH]1)Nc1ccc2[nH]c(=O)oc2c1. The minimum Gasteiger partial charge on any atom is -0.476 e. The first-order chi connectivity index (χ1) is 18.0. The number of aromatic nitrogens is 3. The zero-order valence-corrected chi connectivity index (χ0v) is 19.2. The number of aromatic carboxylic acids is 1. The lowest BCUT2D eigenvalue weighted by atomic mass is 10.2. The van der Waals surface area contributed by atoms with E-state index >= 15 is 0 Å². The Bertz CT molecular complexity index is 1550. The van der Waals surface area contributed by atoms with Crippen LogP contribution in [0.1, 0.15) is 34.7 Å². The van der Waals surface area contributed by atoms with Gasteiger partial charge in [0, 0.05) is 30.3 Å². The largest absolute Gasteiger partial charge is 0.476 e. The van der Waals surface area contributed by atoms with E-state index in [1.165, 1.54) is 6.07 Å². The van der Waals surface area contributed by atoms with Crippen LogP contribution in [-0.4, -0.2) is 38.0 Å². The summed E-state index contributed by atoms with van der Waals surface area (Å²) in [7, 11) is 0. The van der Waals surface area contributed by atoms with Crippen molar-refractivity contribution in [2.75, 3.05) is 16.0 Å². The number of anilines is 3. The van der Waals surface area contributed by atoms with Gasteiger partial charge < -0.3 is 25.1 Å². The topological polar surface area (TPSA) is 182 Å². The maximum atomic E-state index is 12.7. The summed E-state index contributed by atoms with van der Waals surface area (Å²) in [6, 6.07) is 7.42. The minimum atomic E-state index is -4.53. The molecule has 0 radical (unpaired) electrons. The van der Waals surface area contributed by atoms with Crippen molar-refractivity contribution in [2.45, 2.75) is 25.4 Å². The van der Waals surface area contributed by atoms with Gasteiger partial charge in [0.15, 0.2) is 17.1 Å². The van der Waals surface area contributed by atoms with Crippen LogP contribution in [0, 0.1) is 0 Å². The van der Waals surface area contributed by atoms with Gasteiger partial charge in [0.25, 0.3) is 0 Å². The Balaban J connectivity index is 1.31. The molecule has 0 atom stereocenters. The fraction of sp³-hybridized carbons (Fsp3) is 0.174. The van der Waals surface area contributed by atoms with Crippen LogP contribution in [-0.2, 0) is 17.4 Å². The number of nitrogens with zero attached hydrogens (tertiary/aromatic N) is 1. The summed E-state index contributed by atoms with van der Waals surface area (Å²) in [5, 5.41) is 16.6. The number of rotatable bonds is 8. The van der Waals surface area contributed by atoms with Crippen LogP contribution in [0.2, 0.25) is 0 Å². The molecule has 0 bridgehead atoms. The number of benzene rings is 2. The number of alkyl halides is 3. The van der Waals surface area contributed by atoms with E-state index in [9.17, 15) is 37.5 Å². The summed E-state index contributed by atoms with van der Waals surface area (Å²) >= 11 is 0. The quantitative estimate of drug-likeness (QED) is 0.197. The Morgan fingerprint density at radius 2 is 1.68 bits per heavy atom. The molecule has 0 saturated heterocycles. The van der Waals surface area contributed by atoms with Crippen LogP contribution in [0.25, 0.3) is 11.1 Å². The molecule has 0 unspecified atom stereocenters. The van der Waals surface area contributed by atoms with E-state index in [-0.39, 0.29) is 48.1 Å². The standard InChI is InChI=1S/C23H19F3N6O6/c24-23(25,26)11-4-6-12(7-5-11)28-21(36)32-19-18(20(34)35)30-16(31-19)2-1-3-17(33)27-13-8-9-14-15(10-13)38-22(37)29-14/h4-10H,1-3H2,(H,27,33)(H,29,37)(H,30,31)(H,34,35)(H2,28,32,36). The van der Waals surface area contributed by atoms with Crippen molar-refractivity contribution in [1.29, 1.82) is 0 Å². The molecule has 0 spiro atoms. The van der Waals surface area contributed by atoms with Gasteiger partial charge in [0.1, 0.15) is 5.82 Å². The van der Waals surface area contributed by atoms with Crippen LogP contribution < -0.4 is 21.7 Å². The maximum Gasteiger partial charge on any atom is 0.417 e. The molecule has 0 aliphatic heterocycles. The van der Waals surface area contributed by atoms with Crippen LogP contribution in [0.15, 0.2) is 51.7 Å². The van der Waals surface area contributed by atoms with Crippen LogP contribution in [0.4, 0.5) is 35.2 Å². The van der Waals surface area contributed by atoms with Crippen molar-refractivity contribution >= 4 is 46.2 Å². The number of fused-ring (bicyclic) bond motifs is 1. The third-order valence-electron chi connectivity index (χ3n) is 5.19. The number of aromatic amines is 2. The number of nitrogens with one attached hydrogen (secondary N) is 5. The van der Waals surface area contributed by atoms with E-state index in [2.05, 4.69) is 30.9 Å². The number of hydrogen-bond acceptors (Lipinski definition) is 6. The van der Waals surface area contributed by atoms with Gasteiger partial charge in [-0.25, -0.2) is 19.4 Å². The second-order valence-corrected chi connectivity index (χ2v) is 7.99. The minimum absolute atomic E-state index is 0.0481. The van der Waals surface area contributed by atoms with Gasteiger partial charge in [-0.3, -0.25) is 15.1 Å². The first-order valence-corrected chi connectivity index (χ1v) is 11.0. The number of carbonyl (C=O) groups excluding carboxylic acids is 2. The molecule has 4 rings (SSSR count). The molecule has 0 aliphatic rings. The van der Waals surface area contributed by atoms with Crippen LogP contribution in [0.3, 0.4) is 0 Å². The smallest absolute Gasteiger partial charge is 0.417 e. The zero-order valence-electron chi connectivity index (χ0n) is 19.2. The highest BCUT2D eigenvalue weighted by Crippen LogP contribution is 2.29. The number of aryl methyl sites for hydroxylation is 1. The van der Waals surface area contributed by atoms with Crippen molar-refractivity contribution < 1.29 is 37.1 Å². The lowest BCUT2D eigenvalue weighted by Gasteiger charge is -2.09. The van der Waals surface area contributed by atoms with Crippen molar-refractivity contribution in [2.24, 2.45) is 0 Å². The first-order valence-electron chi connectivity index (χ1n) is 11.0. The Kier molecular flexibility index (Phi) is 7.18. The van der Waals surface area contributed by atoms with Crippen molar-refractivity contribution in [1.82, 2.24) is 15.0 Å². The Morgan fingerprint density at radius 1 is 0.974 bits per heavy atom. The zero-order chi connectivity index (χ0) is 27.4. The van der Waals surface area contributed by atoms with Gasteiger partial charge in [-0.1, -0.05) is 0 Å². The van der Waals surface area contributed by atoms with E-state index in [1.54, 1.807) is 12.1 Å². The fourth-order valence-electron chi connectivity index (χ4n) is 3.46. The van der Waals surface area contributed by atoms with Crippen LogP contribution in [0.5, 0.6) is 0 Å². The first kappa shape index (κ1) is 26.0. The molecule has 0 aliphatic carbocycles. The second-order valence-electron chi connectivity index (χ2n) is 7.99. The highest BCUT2D eigenvalue weighted by atomic mass is 19.4. The summed E-state index contributed by atoms with van der Waals surface area (Å²) < 4.78 is 43.0. The number of imidazole rings is 1. The molecule has 2 aromatic carbocycles. The number of halogens is 3. The summed E-state index contributed by atoms with van der Waals surface area (Å²) in [6.07, 6.45) is -4.03. The number of hydrogen-bond donors (Lipinski definition) is 6. The predicted molar refractivity (Wildman–Crippen MR) is 128 cm³/mol. The number of carboxylic acids is 1. The van der Waals surface area contributed by atoms with E-state index in [0.717, 1.165) is 24.3 Å². The highest BCUT2D eigenvalue weighted by Gasteiger charge is 2.30. The summed E-state index contributed by atoms with van der Waals surface area (Å²) in [5.74, 6) is -2.48. The van der Waals surface area contributed by atoms with E-state index in [1.807, 2.05) is 0 Å². The molecule has 0 fully saturated rings. The number of amides is 3. The second kappa shape index (κ2) is 10.5. The molecule has 2 aromatic heterocycles. The van der Waals surface area contributed by atoms with E-state index in [0.29, 0.717) is 11.2 Å². The van der Waals surface area contributed by atoms with Gasteiger partial charge in [-0.2, -0.15) is 13.2 Å². The Hall–Kier alpha value is -5.08. The normalized spacial score (nSPS) is 11.3. The van der Waals surface area contributed by atoms with Gasteiger partial charge in [-0.05, 0) is 42.8 Å². The number of H-pyrrole nitrogens is 2. The molecular formula is C23H19F3N6O6. The fourth-order valence-corrected chi connectivity index (χ4v) is 3.46. The van der Waals surface area contributed by atoms with Gasteiger partial charge in [-0.15, -0.1) is 0 Å². The third-order valence-corrected chi connectivity index (χ3v) is 5.19. The molecule has 38 heavy (non-hydrogen) atoms. The lowest BCUT2D eigenvalue weighted by molar-refractivity contribution is -0.137. The molecular weight excluding hydrogens is 513 g/mol. The summed E-state index contributed by atoms with van der Waals surface area (Å²) in [4.78, 5) is 56.4. The van der Waals surface area contributed by atoms with Crippen molar-refractivity contribution in [3.63, 3.8) is 0 Å². The maximum absolute atomic E-state index is 12.7. The molecule has 3 amide bonds. The highest BCUT2D eigenvalue weighted by molar-refractivity contribution is 6.03.